The molecule has 2 aliphatic carbocycles. The zero-order valence-electron chi connectivity index (χ0n) is 24.0. The zero-order valence-corrected chi connectivity index (χ0v) is 27.2. The fourth-order valence-electron chi connectivity index (χ4n) is 4.23. The van der Waals surface area contributed by atoms with Crippen molar-refractivity contribution >= 4 is 19.6 Å². The van der Waals surface area contributed by atoms with Crippen LogP contribution in [0.15, 0.2) is 114 Å². The Morgan fingerprint density at radius 1 is 1.24 bits per heavy atom. The third kappa shape index (κ3) is 11.3. The van der Waals surface area contributed by atoms with Crippen LogP contribution < -0.4 is 53.5 Å². The molecule has 6 atom stereocenters. The van der Waals surface area contributed by atoms with E-state index in [2.05, 4.69) is 106 Å². The summed E-state index contributed by atoms with van der Waals surface area (Å²) in [7, 11) is 0.554. The Morgan fingerprint density at radius 2 is 2.07 bits per heavy atom. The van der Waals surface area contributed by atoms with Crippen molar-refractivity contribution in [3.05, 3.63) is 114 Å². The Balaban J connectivity index is 0.960. The van der Waals surface area contributed by atoms with Crippen molar-refractivity contribution in [1.29, 1.82) is 0 Å². The molecule has 224 valence electrons. The zero-order chi connectivity index (χ0) is 29.0. The first-order valence-electron chi connectivity index (χ1n) is 14.6. The van der Waals surface area contributed by atoms with Crippen molar-refractivity contribution in [3.8, 4) is 0 Å². The predicted molar refractivity (Wildman–Crippen MR) is 171 cm³/mol. The number of hydrogen-bond acceptors (Lipinski definition) is 6. The van der Waals surface area contributed by atoms with E-state index in [1.807, 2.05) is 12.2 Å². The van der Waals surface area contributed by atoms with Crippen LogP contribution in [0.4, 0.5) is 5.69 Å². The van der Waals surface area contributed by atoms with Crippen LogP contribution in [0.1, 0.15) is 6.42 Å². The molecule has 0 spiro atoms. The number of allylic oxidation sites excluding steroid dienone is 7. The van der Waals surface area contributed by atoms with Crippen LogP contribution in [-0.2, 0) is 9.47 Å². The number of nitrogens with one attached hydrogen (secondary N) is 4. The van der Waals surface area contributed by atoms with Crippen molar-refractivity contribution in [3.63, 3.8) is 0 Å². The molecule has 2 heterocycles. The van der Waals surface area contributed by atoms with Crippen LogP contribution in [0.2, 0.25) is 0 Å². The number of alkyl halides is 2. The summed E-state index contributed by atoms with van der Waals surface area (Å²) >= 11 is 0.121. The molecule has 4 aliphatic rings. The van der Waals surface area contributed by atoms with Gasteiger partial charge >= 0.3 is 136 Å². The van der Waals surface area contributed by atoms with Gasteiger partial charge in [-0.1, -0.05) is 39.4 Å². The van der Waals surface area contributed by atoms with E-state index in [1.165, 1.54) is 15.0 Å². The molecule has 1 aromatic rings. The summed E-state index contributed by atoms with van der Waals surface area (Å²) in [5, 5.41) is 16.3. The van der Waals surface area contributed by atoms with E-state index < -0.39 is 0 Å². The summed E-state index contributed by atoms with van der Waals surface area (Å²) in [6.45, 7) is 8.34. The van der Waals surface area contributed by atoms with Crippen molar-refractivity contribution in [2.45, 2.75) is 34.6 Å². The van der Waals surface area contributed by atoms with Gasteiger partial charge in [0, 0.05) is 12.2 Å². The summed E-state index contributed by atoms with van der Waals surface area (Å²) in [5.74, 6) is 0. The first kappa shape index (κ1) is 30.9. The molecule has 7 nitrogen and oxygen atoms in total. The Morgan fingerprint density at radius 3 is 2.76 bits per heavy atom. The normalized spacial score (nSPS) is 25.4. The average molecular weight is 700 g/mol. The van der Waals surface area contributed by atoms with Gasteiger partial charge in [-0.25, -0.2) is 0 Å². The molecule has 0 saturated carbocycles. The number of quaternary nitrogens is 1. The fourth-order valence-corrected chi connectivity index (χ4v) is 7.78. The maximum atomic E-state index is 5.51. The summed E-state index contributed by atoms with van der Waals surface area (Å²) in [6.07, 6.45) is 22.6. The Kier molecular flexibility index (Phi) is 12.0. The number of hydrogen-bond donors (Lipinski definition) is 5. The van der Waals surface area contributed by atoms with E-state index in [-0.39, 0.29) is 27.2 Å². The summed E-state index contributed by atoms with van der Waals surface area (Å²) < 4.78 is 12.7. The van der Waals surface area contributed by atoms with Crippen LogP contribution >= 0.6 is 8.58 Å². The Labute approximate surface area is 262 Å². The van der Waals surface area contributed by atoms with E-state index in [0.29, 0.717) is 30.7 Å². The minimum absolute atomic E-state index is 0.121. The van der Waals surface area contributed by atoms with E-state index >= 15 is 0 Å². The van der Waals surface area contributed by atoms with Gasteiger partial charge in [0.1, 0.15) is 6.61 Å². The Hall–Kier alpha value is -2.58. The maximum absolute atomic E-state index is 5.51. The second kappa shape index (κ2) is 16.3. The number of epoxide rings is 1. The summed E-state index contributed by atoms with van der Waals surface area (Å²) in [6, 6.07) is 9.69. The van der Waals surface area contributed by atoms with Crippen molar-refractivity contribution in [2.24, 2.45) is 0 Å². The molecule has 1 aromatic carbocycles. The quantitative estimate of drug-likeness (QED) is 0.0268. The number of halogens is 1. The van der Waals surface area contributed by atoms with Crippen LogP contribution in [-0.4, -0.2) is 65.4 Å². The minimum atomic E-state index is 0.121. The molecule has 2 fully saturated rings. The smallest absolute Gasteiger partial charge is 0.0383 e. The molecule has 5 rings (SSSR count). The molecule has 42 heavy (non-hydrogen) atoms. The molecule has 0 amide bonds. The van der Waals surface area contributed by atoms with Gasteiger partial charge in [0.05, 0.1) is 18.8 Å². The first-order chi connectivity index (χ1) is 20.6. The average Bonchev–Trinajstić information content (AvgIpc) is 3.95. The molecule has 9 heteroatoms. The third-order valence-electron chi connectivity index (χ3n) is 6.95. The minimum Gasteiger partial charge on any atom is -0.0524 e. The van der Waals surface area contributed by atoms with Gasteiger partial charge in [0.2, 0.25) is 0 Å². The molecule has 6 unspecified atom stereocenters. The summed E-state index contributed by atoms with van der Waals surface area (Å²) in [5.41, 5.74) is 11.1. The monoisotopic (exact) mass is 699 g/mol. The van der Waals surface area contributed by atoms with Gasteiger partial charge in [-0.15, -0.1) is 0 Å². The fraction of sp³-hybridized carbons (Fsp3) is 0.364. The number of ether oxygens (including phenoxy) is 2. The van der Waals surface area contributed by atoms with Crippen molar-refractivity contribution in [1.82, 2.24) is 16.0 Å². The molecule has 2 aliphatic heterocycles. The van der Waals surface area contributed by atoms with Gasteiger partial charge in [-0.05, 0) is 28.8 Å². The maximum Gasteiger partial charge on any atom is -0.0383 e. The standard InChI is InChI=1S/C33H42IN5O2P/c1-2-32(4-3-17-40-22-30-21-38-30)42-33-15-13-27(14-16-33)37-20-25(35)19-36-26-9-11-29(12-10-26)39-28-7-5-24(6-8-28)34-18-31-23-41-31/h2-7,9-11,13-17,24-25,29-31,36-39,42H,1,12,18-23,35H2/q-1/p+1. The van der Waals surface area contributed by atoms with Gasteiger partial charge in [0.25, 0.3) is 0 Å². The molecule has 2 saturated heterocycles. The molecule has 0 bridgehead atoms. The SMILES string of the molecule is C=CC(=CC=COCC1CN1)Pc1ccc(NCC([NH3+])CNC2=CCC(NC3=C=CC([I-]CC4CO4)C=C3)C=C2)cc1. The van der Waals surface area contributed by atoms with Crippen molar-refractivity contribution in [2.75, 3.05) is 42.6 Å². The van der Waals surface area contributed by atoms with Gasteiger partial charge in [0.15, 0.2) is 0 Å². The van der Waals surface area contributed by atoms with Crippen LogP contribution in [0.25, 0.3) is 0 Å². The second-order valence-corrected chi connectivity index (χ2v) is 15.3. The van der Waals surface area contributed by atoms with E-state index in [9.17, 15) is 0 Å². The molecule has 7 N–H and O–H groups in total. The number of anilines is 1. The van der Waals surface area contributed by atoms with Gasteiger partial charge < -0.3 is 21.1 Å². The Bertz CT molecular complexity index is 1270. The first-order valence-corrected chi connectivity index (χ1v) is 18.4. The van der Waals surface area contributed by atoms with Gasteiger partial charge in [-0.3, -0.25) is 0 Å². The number of rotatable bonds is 18. The summed E-state index contributed by atoms with van der Waals surface area (Å²) in [4.78, 5) is 0. The van der Waals surface area contributed by atoms with E-state index in [4.69, 9.17) is 9.47 Å². The van der Waals surface area contributed by atoms with Crippen LogP contribution in [0.5, 0.6) is 0 Å². The van der Waals surface area contributed by atoms with Crippen LogP contribution in [0, 0.1) is 0 Å². The van der Waals surface area contributed by atoms with E-state index in [0.717, 1.165) is 56.4 Å². The van der Waals surface area contributed by atoms with Gasteiger partial charge in [-0.2, -0.15) is 0 Å². The molecular formula is C33H43IN5O2P. The molecular weight excluding hydrogens is 656 g/mol. The topological polar surface area (TPSA) is 107 Å². The van der Waals surface area contributed by atoms with E-state index in [1.54, 1.807) is 6.26 Å². The molecule has 0 radical (unpaired) electrons. The van der Waals surface area contributed by atoms with Crippen molar-refractivity contribution < 1.29 is 36.4 Å². The number of benzene rings is 1. The third-order valence-corrected chi connectivity index (χ3v) is 11.5. The molecule has 0 aromatic heterocycles. The predicted octanol–water partition coefficient (Wildman–Crippen LogP) is -0.558. The second-order valence-electron chi connectivity index (χ2n) is 10.7. The van der Waals surface area contributed by atoms with Crippen LogP contribution in [0.3, 0.4) is 0 Å². The largest absolute Gasteiger partial charge is 0.0524 e.